The Hall–Kier alpha value is -1.57. The van der Waals surface area contributed by atoms with Crippen LogP contribution in [-0.4, -0.2) is 32.1 Å². The largest absolute Gasteiger partial charge is 0.371 e. The smallest absolute Gasteiger partial charge is 0.187 e. The zero-order chi connectivity index (χ0) is 12.4. The van der Waals surface area contributed by atoms with Gasteiger partial charge >= 0.3 is 0 Å². The van der Waals surface area contributed by atoms with Crippen molar-refractivity contribution in [1.29, 1.82) is 0 Å². The SMILES string of the molecule is [C-]#[N+]c1ccc(N2CCC3(CC2)OCCO3)cc1. The summed E-state index contributed by atoms with van der Waals surface area (Å²) in [5, 5.41) is 0. The zero-order valence-corrected chi connectivity index (χ0v) is 10.3. The zero-order valence-electron chi connectivity index (χ0n) is 10.3. The standard InChI is InChI=1S/C14H16N2O2/c1-15-12-2-4-13(5-3-12)16-8-6-14(7-9-16)17-10-11-18-14/h2-5H,6-11H2. The van der Waals surface area contributed by atoms with E-state index >= 15 is 0 Å². The van der Waals surface area contributed by atoms with Gasteiger partial charge in [0, 0.05) is 31.6 Å². The van der Waals surface area contributed by atoms with Gasteiger partial charge in [0.05, 0.1) is 19.8 Å². The second-order valence-corrected chi connectivity index (χ2v) is 4.72. The van der Waals surface area contributed by atoms with Crippen LogP contribution in [0.4, 0.5) is 11.4 Å². The lowest BCUT2D eigenvalue weighted by Gasteiger charge is -2.38. The molecule has 0 bridgehead atoms. The summed E-state index contributed by atoms with van der Waals surface area (Å²) in [4.78, 5) is 5.73. The molecule has 0 saturated carbocycles. The van der Waals surface area contributed by atoms with E-state index in [1.807, 2.05) is 24.3 Å². The third-order valence-corrected chi connectivity index (χ3v) is 3.68. The number of nitrogens with zero attached hydrogens (tertiary/aromatic N) is 2. The van der Waals surface area contributed by atoms with Gasteiger partial charge in [0.15, 0.2) is 11.5 Å². The van der Waals surface area contributed by atoms with Crippen molar-refractivity contribution in [3.8, 4) is 0 Å². The molecule has 2 heterocycles. The Labute approximate surface area is 107 Å². The predicted molar refractivity (Wildman–Crippen MR) is 68.8 cm³/mol. The Kier molecular flexibility index (Phi) is 2.94. The lowest BCUT2D eigenvalue weighted by atomic mass is 10.0. The Morgan fingerprint density at radius 2 is 1.67 bits per heavy atom. The van der Waals surface area contributed by atoms with E-state index < -0.39 is 0 Å². The van der Waals surface area contributed by atoms with Crippen molar-refractivity contribution >= 4 is 11.4 Å². The summed E-state index contributed by atoms with van der Waals surface area (Å²) in [6, 6.07) is 7.77. The van der Waals surface area contributed by atoms with Crippen molar-refractivity contribution in [2.24, 2.45) is 0 Å². The Bertz CT molecular complexity index is 448. The molecule has 18 heavy (non-hydrogen) atoms. The lowest BCUT2D eigenvalue weighted by molar-refractivity contribution is -0.169. The first-order chi connectivity index (χ1) is 8.81. The molecule has 2 saturated heterocycles. The van der Waals surface area contributed by atoms with Gasteiger partial charge in [-0.05, 0) is 12.1 Å². The van der Waals surface area contributed by atoms with Crippen LogP contribution in [0.2, 0.25) is 0 Å². The van der Waals surface area contributed by atoms with Crippen LogP contribution >= 0.6 is 0 Å². The molecule has 0 aliphatic carbocycles. The number of rotatable bonds is 1. The van der Waals surface area contributed by atoms with Crippen LogP contribution in [0, 0.1) is 6.57 Å². The van der Waals surface area contributed by atoms with Gasteiger partial charge in [0.25, 0.3) is 0 Å². The number of ether oxygens (including phenoxy) is 2. The van der Waals surface area contributed by atoms with Gasteiger partial charge in [-0.2, -0.15) is 0 Å². The molecule has 1 spiro atoms. The van der Waals surface area contributed by atoms with Crippen molar-refractivity contribution < 1.29 is 9.47 Å². The lowest BCUT2D eigenvalue weighted by Crippen LogP contribution is -2.45. The maximum atomic E-state index is 6.95. The maximum Gasteiger partial charge on any atom is 0.187 e. The molecule has 4 nitrogen and oxygen atoms in total. The normalized spacial score (nSPS) is 22.1. The number of benzene rings is 1. The average molecular weight is 244 g/mol. The van der Waals surface area contributed by atoms with Crippen LogP contribution in [0.25, 0.3) is 4.85 Å². The second kappa shape index (κ2) is 4.60. The van der Waals surface area contributed by atoms with Gasteiger partial charge in [-0.1, -0.05) is 12.1 Å². The molecular weight excluding hydrogens is 228 g/mol. The van der Waals surface area contributed by atoms with Crippen LogP contribution < -0.4 is 4.90 Å². The quantitative estimate of drug-likeness (QED) is 0.710. The van der Waals surface area contributed by atoms with E-state index in [0.29, 0.717) is 5.69 Å². The maximum absolute atomic E-state index is 6.95. The molecule has 1 aromatic carbocycles. The summed E-state index contributed by atoms with van der Waals surface area (Å²) in [5.41, 5.74) is 1.87. The van der Waals surface area contributed by atoms with E-state index in [1.165, 1.54) is 5.69 Å². The topological polar surface area (TPSA) is 26.1 Å². The summed E-state index contributed by atoms with van der Waals surface area (Å²) in [7, 11) is 0. The highest BCUT2D eigenvalue weighted by Crippen LogP contribution is 2.33. The molecule has 2 fully saturated rings. The molecule has 0 N–H and O–H groups in total. The predicted octanol–water partition coefficient (Wildman–Crippen LogP) is 2.58. The molecule has 1 aromatic rings. The third kappa shape index (κ3) is 2.07. The summed E-state index contributed by atoms with van der Waals surface area (Å²) in [6.07, 6.45) is 1.83. The number of anilines is 1. The van der Waals surface area contributed by atoms with Gasteiger partial charge in [0.1, 0.15) is 0 Å². The second-order valence-electron chi connectivity index (χ2n) is 4.72. The van der Waals surface area contributed by atoms with Crippen LogP contribution in [0.3, 0.4) is 0 Å². The molecule has 2 aliphatic rings. The van der Waals surface area contributed by atoms with Crippen molar-refractivity contribution in [1.82, 2.24) is 0 Å². The summed E-state index contributed by atoms with van der Waals surface area (Å²) < 4.78 is 11.4. The molecule has 0 radical (unpaired) electrons. The van der Waals surface area contributed by atoms with Gasteiger partial charge in [-0.3, -0.25) is 0 Å². The van der Waals surface area contributed by atoms with Crippen molar-refractivity contribution in [3.63, 3.8) is 0 Å². The van der Waals surface area contributed by atoms with Gasteiger partial charge in [-0.25, -0.2) is 4.85 Å². The fourth-order valence-corrected chi connectivity index (χ4v) is 2.63. The molecule has 0 amide bonds. The third-order valence-electron chi connectivity index (χ3n) is 3.68. The van der Waals surface area contributed by atoms with Gasteiger partial charge in [-0.15, -0.1) is 0 Å². The van der Waals surface area contributed by atoms with Crippen LogP contribution in [0.1, 0.15) is 12.8 Å². The van der Waals surface area contributed by atoms with Crippen LogP contribution in [0.5, 0.6) is 0 Å². The van der Waals surface area contributed by atoms with E-state index in [4.69, 9.17) is 16.0 Å². The van der Waals surface area contributed by atoms with E-state index in [1.54, 1.807) is 0 Å². The highest BCUT2D eigenvalue weighted by molar-refractivity contribution is 5.55. The number of hydrogen-bond acceptors (Lipinski definition) is 3. The van der Waals surface area contributed by atoms with Crippen molar-refractivity contribution in [2.45, 2.75) is 18.6 Å². The Morgan fingerprint density at radius 1 is 1.06 bits per heavy atom. The first-order valence-corrected chi connectivity index (χ1v) is 6.32. The molecule has 0 unspecified atom stereocenters. The molecule has 0 atom stereocenters. The Balaban J connectivity index is 1.66. The van der Waals surface area contributed by atoms with Crippen molar-refractivity contribution in [3.05, 3.63) is 35.7 Å². The molecule has 94 valence electrons. The van der Waals surface area contributed by atoms with E-state index in [2.05, 4.69) is 9.74 Å². The van der Waals surface area contributed by atoms with Crippen LogP contribution in [0.15, 0.2) is 24.3 Å². The van der Waals surface area contributed by atoms with E-state index in [9.17, 15) is 0 Å². The minimum Gasteiger partial charge on any atom is -0.371 e. The molecular formula is C14H16N2O2. The number of hydrogen-bond donors (Lipinski definition) is 0. The summed E-state index contributed by atoms with van der Waals surface area (Å²) >= 11 is 0. The summed E-state index contributed by atoms with van der Waals surface area (Å²) in [6.45, 7) is 10.3. The molecule has 4 heteroatoms. The number of piperidine rings is 1. The fraction of sp³-hybridized carbons (Fsp3) is 0.500. The molecule has 3 rings (SSSR count). The molecule has 2 aliphatic heterocycles. The van der Waals surface area contributed by atoms with Gasteiger partial charge in [0.2, 0.25) is 0 Å². The van der Waals surface area contributed by atoms with Gasteiger partial charge < -0.3 is 14.4 Å². The monoisotopic (exact) mass is 244 g/mol. The first-order valence-electron chi connectivity index (χ1n) is 6.32. The van der Waals surface area contributed by atoms with E-state index in [-0.39, 0.29) is 5.79 Å². The van der Waals surface area contributed by atoms with Crippen molar-refractivity contribution in [2.75, 3.05) is 31.2 Å². The van der Waals surface area contributed by atoms with Crippen LogP contribution in [-0.2, 0) is 9.47 Å². The minimum atomic E-state index is -0.313. The summed E-state index contributed by atoms with van der Waals surface area (Å²) in [5.74, 6) is -0.313. The Morgan fingerprint density at radius 3 is 2.22 bits per heavy atom. The fourth-order valence-electron chi connectivity index (χ4n) is 2.63. The minimum absolute atomic E-state index is 0.313. The first kappa shape index (κ1) is 11.5. The highest BCUT2D eigenvalue weighted by Gasteiger charge is 2.39. The average Bonchev–Trinajstić information content (AvgIpc) is 2.88. The molecule has 0 aromatic heterocycles. The highest BCUT2D eigenvalue weighted by atomic mass is 16.7. The van der Waals surface area contributed by atoms with E-state index in [0.717, 1.165) is 39.1 Å².